The van der Waals surface area contributed by atoms with Crippen LogP contribution in [-0.4, -0.2) is 31.0 Å². The molecule has 0 heterocycles. The lowest BCUT2D eigenvalue weighted by Gasteiger charge is -2.15. The number of rotatable bonds is 6. The summed E-state index contributed by atoms with van der Waals surface area (Å²) in [5, 5.41) is 6.57. The van der Waals surface area contributed by atoms with E-state index >= 15 is 0 Å². The van der Waals surface area contributed by atoms with E-state index in [1.54, 1.807) is 14.2 Å². The fourth-order valence-electron chi connectivity index (χ4n) is 2.25. The summed E-state index contributed by atoms with van der Waals surface area (Å²) in [6.07, 6.45) is 0.735. The Labute approximate surface area is 178 Å². The number of methoxy groups -OCH3 is 2. The average Bonchev–Trinajstić information content (AvgIpc) is 2.69. The molecule has 0 saturated carbocycles. The van der Waals surface area contributed by atoms with Gasteiger partial charge in [-0.15, -0.1) is 0 Å². The van der Waals surface area contributed by atoms with Crippen molar-refractivity contribution < 1.29 is 13.9 Å². The molecule has 2 aromatic carbocycles. The summed E-state index contributed by atoms with van der Waals surface area (Å²) in [5.74, 6) is 0.868. The van der Waals surface area contributed by atoms with Crippen molar-refractivity contribution in [2.45, 2.75) is 6.42 Å². The zero-order valence-electron chi connectivity index (χ0n) is 15.3. The highest BCUT2D eigenvalue weighted by atomic mass is 35.5. The van der Waals surface area contributed by atoms with Crippen LogP contribution in [0.5, 0.6) is 11.5 Å². The second-order valence-corrected chi connectivity index (χ2v) is 6.75. The molecule has 10 heteroatoms. The quantitative estimate of drug-likeness (QED) is 0.401. The molecule has 0 aliphatic carbocycles. The maximum Gasteiger partial charge on any atom is 0.189 e. The molecular formula is C18H20ClFN4O2S2. The van der Waals surface area contributed by atoms with Gasteiger partial charge in [-0.25, -0.2) is 4.39 Å². The van der Waals surface area contributed by atoms with Crippen LogP contribution in [0.25, 0.3) is 0 Å². The fraction of sp³-hybridized carbons (Fsp3) is 0.222. The number of anilines is 1. The Morgan fingerprint density at radius 1 is 1.00 bits per heavy atom. The lowest BCUT2D eigenvalue weighted by atomic mass is 10.1. The molecule has 0 radical (unpaired) electrons. The van der Waals surface area contributed by atoms with E-state index in [1.165, 1.54) is 18.2 Å². The Morgan fingerprint density at radius 2 is 1.71 bits per heavy atom. The standard InChI is InChI=1S/C18H20ClFN4O2S2/c1-25-15-6-3-11(9-16(15)26-2)7-8-21-17(27)23-24-18(28)22-12-4-5-14(20)13(19)10-12/h3-6,9-10H,7-8H2,1-2H3,(H2,21,23,27)(H2,22,24,28). The first-order valence-corrected chi connectivity index (χ1v) is 9.39. The Bertz CT molecular complexity index is 854. The first kappa shape index (κ1) is 21.9. The number of hydrogen-bond acceptors (Lipinski definition) is 4. The first-order valence-electron chi connectivity index (χ1n) is 8.19. The largest absolute Gasteiger partial charge is 0.493 e. The molecule has 0 saturated heterocycles. The van der Waals surface area contributed by atoms with Crippen molar-refractivity contribution in [3.8, 4) is 11.5 Å². The highest BCUT2D eigenvalue weighted by molar-refractivity contribution is 7.80. The van der Waals surface area contributed by atoms with E-state index in [4.69, 9.17) is 45.5 Å². The fourth-order valence-corrected chi connectivity index (χ4v) is 2.75. The van der Waals surface area contributed by atoms with Gasteiger partial charge in [0.15, 0.2) is 21.7 Å². The van der Waals surface area contributed by atoms with Crippen molar-refractivity contribution in [2.24, 2.45) is 0 Å². The smallest absolute Gasteiger partial charge is 0.189 e. The molecule has 2 rings (SSSR count). The molecule has 0 aliphatic rings. The Kier molecular flexibility index (Phi) is 8.49. The van der Waals surface area contributed by atoms with Crippen LogP contribution in [0.4, 0.5) is 10.1 Å². The zero-order valence-corrected chi connectivity index (χ0v) is 17.7. The van der Waals surface area contributed by atoms with Crippen molar-refractivity contribution >= 4 is 51.9 Å². The number of halogens is 2. The summed E-state index contributed by atoms with van der Waals surface area (Å²) >= 11 is 16.1. The van der Waals surface area contributed by atoms with Crippen LogP contribution in [0, 0.1) is 5.82 Å². The van der Waals surface area contributed by atoms with Gasteiger partial charge in [-0.1, -0.05) is 17.7 Å². The average molecular weight is 443 g/mol. The maximum absolute atomic E-state index is 13.2. The van der Waals surface area contributed by atoms with Crippen molar-refractivity contribution in [3.05, 3.63) is 52.8 Å². The van der Waals surface area contributed by atoms with Gasteiger partial charge >= 0.3 is 0 Å². The number of hydrogen-bond donors (Lipinski definition) is 4. The third-order valence-corrected chi connectivity index (χ3v) is 4.35. The van der Waals surface area contributed by atoms with Crippen molar-refractivity contribution in [1.29, 1.82) is 0 Å². The van der Waals surface area contributed by atoms with Crippen molar-refractivity contribution in [3.63, 3.8) is 0 Å². The maximum atomic E-state index is 13.2. The minimum atomic E-state index is -0.496. The number of ether oxygens (including phenoxy) is 2. The lowest BCUT2D eigenvalue weighted by Crippen LogP contribution is -2.48. The van der Waals surface area contributed by atoms with Gasteiger partial charge in [-0.2, -0.15) is 0 Å². The van der Waals surface area contributed by atoms with Gasteiger partial charge < -0.3 is 20.1 Å². The highest BCUT2D eigenvalue weighted by Crippen LogP contribution is 2.27. The summed E-state index contributed by atoms with van der Waals surface area (Å²) in [6, 6.07) is 9.95. The van der Waals surface area contributed by atoms with Gasteiger partial charge in [0.05, 0.1) is 19.2 Å². The number of nitrogens with one attached hydrogen (secondary N) is 4. The summed E-state index contributed by atoms with van der Waals surface area (Å²) in [6.45, 7) is 0.608. The van der Waals surface area contributed by atoms with E-state index in [0.717, 1.165) is 12.0 Å². The Hall–Kier alpha value is -2.36. The molecule has 2 aromatic rings. The zero-order chi connectivity index (χ0) is 20.5. The molecule has 0 aliphatic heterocycles. The summed E-state index contributed by atoms with van der Waals surface area (Å²) < 4.78 is 23.7. The predicted molar refractivity (Wildman–Crippen MR) is 118 cm³/mol. The van der Waals surface area contributed by atoms with E-state index < -0.39 is 5.82 Å². The second kappa shape index (κ2) is 10.8. The molecule has 28 heavy (non-hydrogen) atoms. The third-order valence-electron chi connectivity index (χ3n) is 3.61. The van der Waals surface area contributed by atoms with Crippen LogP contribution < -0.4 is 31.0 Å². The van der Waals surface area contributed by atoms with E-state index in [1.807, 2.05) is 18.2 Å². The van der Waals surface area contributed by atoms with Gasteiger partial charge in [0.2, 0.25) is 0 Å². The molecule has 0 spiro atoms. The molecular weight excluding hydrogens is 423 g/mol. The van der Waals surface area contributed by atoms with Crippen LogP contribution in [0.15, 0.2) is 36.4 Å². The molecule has 0 unspecified atom stereocenters. The highest BCUT2D eigenvalue weighted by Gasteiger charge is 2.05. The van der Waals surface area contributed by atoms with Gasteiger partial charge in [-0.3, -0.25) is 10.9 Å². The second-order valence-electron chi connectivity index (χ2n) is 5.53. The lowest BCUT2D eigenvalue weighted by molar-refractivity contribution is 0.354. The van der Waals surface area contributed by atoms with Crippen LogP contribution >= 0.6 is 36.0 Å². The normalized spacial score (nSPS) is 10.0. The molecule has 0 aromatic heterocycles. The van der Waals surface area contributed by atoms with Crippen LogP contribution in [0.3, 0.4) is 0 Å². The summed E-state index contributed by atoms with van der Waals surface area (Å²) in [7, 11) is 3.20. The van der Waals surface area contributed by atoms with Crippen molar-refractivity contribution in [1.82, 2.24) is 16.2 Å². The van der Waals surface area contributed by atoms with Crippen LogP contribution in [-0.2, 0) is 6.42 Å². The van der Waals surface area contributed by atoms with Gasteiger partial charge in [0, 0.05) is 12.2 Å². The van der Waals surface area contributed by atoms with Gasteiger partial charge in [0.1, 0.15) is 5.82 Å². The van der Waals surface area contributed by atoms with E-state index in [2.05, 4.69) is 21.5 Å². The molecule has 4 N–H and O–H groups in total. The number of hydrazine groups is 1. The summed E-state index contributed by atoms with van der Waals surface area (Å²) in [5.41, 5.74) is 7.14. The number of benzene rings is 2. The Morgan fingerprint density at radius 3 is 2.39 bits per heavy atom. The Balaban J connectivity index is 1.72. The molecule has 6 nitrogen and oxygen atoms in total. The monoisotopic (exact) mass is 442 g/mol. The van der Waals surface area contributed by atoms with Crippen LogP contribution in [0.1, 0.15) is 5.56 Å². The van der Waals surface area contributed by atoms with E-state index in [-0.39, 0.29) is 10.1 Å². The molecule has 0 amide bonds. The number of thiocarbonyl (C=S) groups is 2. The molecule has 0 fully saturated rings. The van der Waals surface area contributed by atoms with Crippen molar-refractivity contribution in [2.75, 3.05) is 26.1 Å². The first-order chi connectivity index (χ1) is 13.4. The van der Waals surface area contributed by atoms with E-state index in [0.29, 0.717) is 28.8 Å². The minimum absolute atomic E-state index is 0.00751. The SMILES string of the molecule is COc1ccc(CCNC(=S)NNC(=S)Nc2ccc(F)c(Cl)c2)cc1OC. The van der Waals surface area contributed by atoms with Gasteiger partial charge in [0.25, 0.3) is 0 Å². The van der Waals surface area contributed by atoms with Gasteiger partial charge in [-0.05, 0) is 66.8 Å². The predicted octanol–water partition coefficient (Wildman–Crippen LogP) is 3.40. The molecule has 0 atom stereocenters. The van der Waals surface area contributed by atoms with E-state index in [9.17, 15) is 4.39 Å². The van der Waals surface area contributed by atoms with Crippen LogP contribution in [0.2, 0.25) is 5.02 Å². The topological polar surface area (TPSA) is 66.6 Å². The molecule has 150 valence electrons. The minimum Gasteiger partial charge on any atom is -0.493 e. The third kappa shape index (κ3) is 6.66. The summed E-state index contributed by atoms with van der Waals surface area (Å²) in [4.78, 5) is 0. The molecule has 0 bridgehead atoms.